The van der Waals surface area contributed by atoms with Crippen LogP contribution >= 0.6 is 0 Å². The molecule has 19 heavy (non-hydrogen) atoms. The zero-order valence-electron chi connectivity index (χ0n) is 11.5. The van der Waals surface area contributed by atoms with Gasteiger partial charge >= 0.3 is 12.0 Å². The van der Waals surface area contributed by atoms with E-state index in [9.17, 15) is 14.7 Å². The predicted octanol–water partition coefficient (Wildman–Crippen LogP) is 2.09. The normalized spacial score (nSPS) is 26.9. The van der Waals surface area contributed by atoms with Gasteiger partial charge in [-0.3, -0.25) is 0 Å². The summed E-state index contributed by atoms with van der Waals surface area (Å²) in [6, 6.07) is 0.123. The molecule has 106 valence electrons. The summed E-state index contributed by atoms with van der Waals surface area (Å²) in [6.45, 7) is 6.36. The molecule has 0 bridgehead atoms. The number of hydrogen-bond acceptors (Lipinski definition) is 2. The van der Waals surface area contributed by atoms with Crippen LogP contribution in [0.2, 0.25) is 0 Å². The third kappa shape index (κ3) is 2.60. The molecule has 1 saturated carbocycles. The Labute approximate surface area is 113 Å². The summed E-state index contributed by atoms with van der Waals surface area (Å²) in [7, 11) is 0. The summed E-state index contributed by atoms with van der Waals surface area (Å²) in [6.07, 6.45) is 5.99. The van der Waals surface area contributed by atoms with Crippen molar-refractivity contribution in [1.82, 2.24) is 9.80 Å². The van der Waals surface area contributed by atoms with Gasteiger partial charge in [-0.15, -0.1) is 6.58 Å². The van der Waals surface area contributed by atoms with Gasteiger partial charge in [0.05, 0.1) is 0 Å². The van der Waals surface area contributed by atoms with Crippen molar-refractivity contribution < 1.29 is 14.7 Å². The van der Waals surface area contributed by atoms with Crippen LogP contribution in [0.25, 0.3) is 0 Å². The second kappa shape index (κ2) is 5.23. The molecule has 1 aliphatic carbocycles. The van der Waals surface area contributed by atoms with E-state index >= 15 is 0 Å². The lowest BCUT2D eigenvalue weighted by Crippen LogP contribution is -2.60. The van der Waals surface area contributed by atoms with Gasteiger partial charge in [0.1, 0.15) is 5.54 Å². The van der Waals surface area contributed by atoms with Gasteiger partial charge in [0.25, 0.3) is 0 Å². The number of nitrogens with zero attached hydrogens (tertiary/aromatic N) is 2. The smallest absolute Gasteiger partial charge is 0.329 e. The Bertz CT molecular complexity index is 392. The molecule has 1 unspecified atom stereocenters. The van der Waals surface area contributed by atoms with Crippen molar-refractivity contribution in [3.05, 3.63) is 12.7 Å². The molecule has 0 aromatic heterocycles. The number of rotatable bonds is 4. The van der Waals surface area contributed by atoms with Gasteiger partial charge in [-0.05, 0) is 39.0 Å². The summed E-state index contributed by atoms with van der Waals surface area (Å²) >= 11 is 0. The SMILES string of the molecule is C=CCN(C(=O)N1CCCCC1(C)C(=O)O)C1CC1. The Hall–Kier alpha value is -1.52. The largest absolute Gasteiger partial charge is 0.480 e. The minimum Gasteiger partial charge on any atom is -0.480 e. The molecule has 0 radical (unpaired) electrons. The van der Waals surface area contributed by atoms with E-state index in [1.807, 2.05) is 0 Å². The molecular weight excluding hydrogens is 244 g/mol. The molecule has 2 aliphatic rings. The van der Waals surface area contributed by atoms with Crippen LogP contribution in [0.4, 0.5) is 4.79 Å². The van der Waals surface area contributed by atoms with E-state index in [0.29, 0.717) is 19.5 Å². The highest BCUT2D eigenvalue weighted by molar-refractivity contribution is 5.86. The van der Waals surface area contributed by atoms with Crippen molar-refractivity contribution in [2.75, 3.05) is 13.1 Å². The lowest BCUT2D eigenvalue weighted by molar-refractivity contribution is -0.150. The van der Waals surface area contributed by atoms with Crippen LogP contribution in [0.1, 0.15) is 39.0 Å². The fraction of sp³-hybridized carbons (Fsp3) is 0.714. The topological polar surface area (TPSA) is 60.9 Å². The molecule has 1 aliphatic heterocycles. The summed E-state index contributed by atoms with van der Waals surface area (Å²) in [5, 5.41) is 9.45. The Morgan fingerprint density at radius 3 is 2.68 bits per heavy atom. The minimum atomic E-state index is -1.07. The lowest BCUT2D eigenvalue weighted by Gasteiger charge is -2.43. The third-order valence-corrected chi connectivity index (χ3v) is 4.14. The summed E-state index contributed by atoms with van der Waals surface area (Å²) < 4.78 is 0. The molecule has 2 rings (SSSR count). The Kier molecular flexibility index (Phi) is 3.83. The second-order valence-corrected chi connectivity index (χ2v) is 5.64. The highest BCUT2D eigenvalue weighted by Crippen LogP contribution is 2.33. The number of likely N-dealkylation sites (tertiary alicyclic amines) is 1. The molecule has 2 fully saturated rings. The van der Waals surface area contributed by atoms with Gasteiger partial charge < -0.3 is 14.9 Å². The molecule has 1 N–H and O–H groups in total. The molecule has 0 aromatic carbocycles. The van der Waals surface area contributed by atoms with Crippen molar-refractivity contribution >= 4 is 12.0 Å². The van der Waals surface area contributed by atoms with Gasteiger partial charge in [0, 0.05) is 19.1 Å². The minimum absolute atomic E-state index is 0.146. The van der Waals surface area contributed by atoms with Gasteiger partial charge in [0.15, 0.2) is 0 Å². The van der Waals surface area contributed by atoms with Crippen molar-refractivity contribution in [2.24, 2.45) is 0 Å². The first-order valence-electron chi connectivity index (χ1n) is 6.93. The first-order valence-corrected chi connectivity index (χ1v) is 6.93. The van der Waals surface area contributed by atoms with Gasteiger partial charge in [0.2, 0.25) is 0 Å². The number of urea groups is 1. The van der Waals surface area contributed by atoms with Crippen LogP contribution in [0.15, 0.2) is 12.7 Å². The summed E-state index contributed by atoms with van der Waals surface area (Å²) in [5.74, 6) is -0.907. The second-order valence-electron chi connectivity index (χ2n) is 5.64. The number of carbonyl (C=O) groups excluding carboxylic acids is 1. The fourth-order valence-electron chi connectivity index (χ4n) is 2.71. The van der Waals surface area contributed by atoms with Gasteiger partial charge in [-0.2, -0.15) is 0 Å². The predicted molar refractivity (Wildman–Crippen MR) is 71.9 cm³/mol. The number of carbonyl (C=O) groups is 2. The molecule has 0 spiro atoms. The Morgan fingerprint density at radius 2 is 2.16 bits per heavy atom. The van der Waals surface area contributed by atoms with E-state index in [1.165, 1.54) is 0 Å². The van der Waals surface area contributed by atoms with E-state index in [-0.39, 0.29) is 12.1 Å². The van der Waals surface area contributed by atoms with Gasteiger partial charge in [-0.1, -0.05) is 6.08 Å². The van der Waals surface area contributed by atoms with Crippen LogP contribution in [-0.4, -0.2) is 51.6 Å². The standard InChI is InChI=1S/C14H22N2O3/c1-3-9-15(11-6-7-11)13(19)16-10-5-4-8-14(16,2)12(17)18/h3,11H,1,4-10H2,2H3,(H,17,18). The Morgan fingerprint density at radius 1 is 1.47 bits per heavy atom. The zero-order valence-corrected chi connectivity index (χ0v) is 11.5. The first kappa shape index (κ1) is 13.9. The van der Waals surface area contributed by atoms with E-state index in [4.69, 9.17) is 0 Å². The van der Waals surface area contributed by atoms with Gasteiger partial charge in [-0.25, -0.2) is 9.59 Å². The van der Waals surface area contributed by atoms with Crippen LogP contribution in [-0.2, 0) is 4.79 Å². The van der Waals surface area contributed by atoms with Crippen LogP contribution in [0.3, 0.4) is 0 Å². The molecule has 5 nitrogen and oxygen atoms in total. The molecular formula is C14H22N2O3. The number of hydrogen-bond donors (Lipinski definition) is 1. The first-order chi connectivity index (χ1) is 9.00. The quantitative estimate of drug-likeness (QED) is 0.792. The van der Waals surface area contributed by atoms with Crippen molar-refractivity contribution in [2.45, 2.75) is 50.6 Å². The maximum atomic E-state index is 12.6. The summed E-state index contributed by atoms with van der Waals surface area (Å²) in [5.41, 5.74) is -1.07. The molecule has 1 saturated heterocycles. The fourth-order valence-corrected chi connectivity index (χ4v) is 2.71. The third-order valence-electron chi connectivity index (χ3n) is 4.14. The van der Waals surface area contributed by atoms with Crippen LogP contribution in [0, 0.1) is 0 Å². The van der Waals surface area contributed by atoms with Crippen molar-refractivity contribution in [1.29, 1.82) is 0 Å². The zero-order chi connectivity index (χ0) is 14.0. The number of carboxylic acids is 1. The average molecular weight is 266 g/mol. The number of carboxylic acid groups (broad SMARTS) is 1. The van der Waals surface area contributed by atoms with Crippen molar-refractivity contribution in [3.8, 4) is 0 Å². The Balaban J connectivity index is 2.18. The number of amides is 2. The van der Waals surface area contributed by atoms with Crippen molar-refractivity contribution in [3.63, 3.8) is 0 Å². The molecule has 1 heterocycles. The monoisotopic (exact) mass is 266 g/mol. The van der Waals surface area contributed by atoms with E-state index in [0.717, 1.165) is 25.7 Å². The lowest BCUT2D eigenvalue weighted by atomic mass is 9.89. The van der Waals surface area contributed by atoms with Crippen LogP contribution < -0.4 is 0 Å². The highest BCUT2D eigenvalue weighted by Gasteiger charge is 2.46. The molecule has 0 aromatic rings. The van der Waals surface area contributed by atoms with E-state index in [1.54, 1.807) is 22.8 Å². The average Bonchev–Trinajstić information content (AvgIpc) is 3.20. The number of aliphatic carboxylic acids is 1. The molecule has 2 amide bonds. The van der Waals surface area contributed by atoms with E-state index in [2.05, 4.69) is 6.58 Å². The maximum Gasteiger partial charge on any atom is 0.329 e. The molecule has 5 heteroatoms. The summed E-state index contributed by atoms with van der Waals surface area (Å²) in [4.78, 5) is 27.5. The number of piperidine rings is 1. The highest BCUT2D eigenvalue weighted by atomic mass is 16.4. The molecule has 1 atom stereocenters. The maximum absolute atomic E-state index is 12.6. The van der Waals surface area contributed by atoms with E-state index < -0.39 is 11.5 Å². The van der Waals surface area contributed by atoms with Crippen LogP contribution in [0.5, 0.6) is 0 Å².